The molecule has 25 heavy (non-hydrogen) atoms. The van der Waals surface area contributed by atoms with Crippen LogP contribution in [0.25, 0.3) is 10.9 Å². The monoisotopic (exact) mass is 333 g/mol. The number of para-hydroxylation sites is 1. The second-order valence-electron chi connectivity index (χ2n) is 5.82. The van der Waals surface area contributed by atoms with E-state index in [0.717, 1.165) is 28.6 Å². The average Bonchev–Trinajstić information content (AvgIpc) is 2.61. The topological polar surface area (TPSA) is 85.1 Å². The van der Waals surface area contributed by atoms with Crippen LogP contribution in [-0.4, -0.2) is 16.8 Å². The van der Waals surface area contributed by atoms with Crippen LogP contribution in [0.5, 0.6) is 0 Å². The predicted molar refractivity (Wildman–Crippen MR) is 98.8 cm³/mol. The SMILES string of the molecule is CCc1nc2ccccc2c(C(=O)Nc2ccc(C(N)=O)cc2)c1C. The van der Waals surface area contributed by atoms with Gasteiger partial charge in [-0.15, -0.1) is 0 Å². The van der Waals surface area contributed by atoms with E-state index in [2.05, 4.69) is 10.3 Å². The molecular weight excluding hydrogens is 314 g/mol. The molecule has 0 spiro atoms. The Kier molecular flexibility index (Phi) is 4.48. The minimum atomic E-state index is -0.499. The molecule has 0 saturated heterocycles. The average molecular weight is 333 g/mol. The lowest BCUT2D eigenvalue weighted by Crippen LogP contribution is -2.16. The zero-order valence-electron chi connectivity index (χ0n) is 14.2. The first-order valence-corrected chi connectivity index (χ1v) is 8.10. The maximum atomic E-state index is 12.9. The van der Waals surface area contributed by atoms with Gasteiger partial charge in [-0.05, 0) is 49.2 Å². The molecule has 0 aliphatic carbocycles. The summed E-state index contributed by atoms with van der Waals surface area (Å²) in [4.78, 5) is 28.7. The van der Waals surface area contributed by atoms with Crippen LogP contribution in [-0.2, 0) is 6.42 Å². The van der Waals surface area contributed by atoms with Gasteiger partial charge in [0, 0.05) is 22.3 Å². The summed E-state index contributed by atoms with van der Waals surface area (Å²) in [6.45, 7) is 3.94. The Labute approximate surface area is 145 Å². The van der Waals surface area contributed by atoms with Crippen molar-refractivity contribution >= 4 is 28.4 Å². The summed E-state index contributed by atoms with van der Waals surface area (Å²) in [6, 6.07) is 14.1. The van der Waals surface area contributed by atoms with E-state index in [9.17, 15) is 9.59 Å². The lowest BCUT2D eigenvalue weighted by atomic mass is 9.99. The number of nitrogens with zero attached hydrogens (tertiary/aromatic N) is 1. The Morgan fingerprint density at radius 1 is 1.08 bits per heavy atom. The van der Waals surface area contributed by atoms with Gasteiger partial charge in [0.05, 0.1) is 11.1 Å². The van der Waals surface area contributed by atoms with Gasteiger partial charge in [-0.25, -0.2) is 0 Å². The first kappa shape index (κ1) is 16.6. The van der Waals surface area contributed by atoms with E-state index < -0.39 is 5.91 Å². The molecule has 0 bridgehead atoms. The highest BCUT2D eigenvalue weighted by Crippen LogP contribution is 2.24. The van der Waals surface area contributed by atoms with Crippen molar-refractivity contribution in [1.82, 2.24) is 4.98 Å². The Morgan fingerprint density at radius 2 is 1.76 bits per heavy atom. The maximum Gasteiger partial charge on any atom is 0.256 e. The quantitative estimate of drug-likeness (QED) is 0.767. The van der Waals surface area contributed by atoms with Crippen molar-refractivity contribution in [2.24, 2.45) is 5.73 Å². The molecule has 126 valence electrons. The highest BCUT2D eigenvalue weighted by Gasteiger charge is 2.17. The minimum absolute atomic E-state index is 0.197. The van der Waals surface area contributed by atoms with Crippen molar-refractivity contribution < 1.29 is 9.59 Å². The molecule has 0 aliphatic rings. The van der Waals surface area contributed by atoms with E-state index in [4.69, 9.17) is 5.73 Å². The number of anilines is 1. The maximum absolute atomic E-state index is 12.9. The van der Waals surface area contributed by atoms with Gasteiger partial charge >= 0.3 is 0 Å². The number of primary amides is 1. The Bertz CT molecular complexity index is 963. The van der Waals surface area contributed by atoms with E-state index in [1.54, 1.807) is 24.3 Å². The molecule has 5 nitrogen and oxygen atoms in total. The number of nitrogens with two attached hydrogens (primary N) is 1. The third kappa shape index (κ3) is 3.21. The number of fused-ring (bicyclic) bond motifs is 1. The molecule has 2 amide bonds. The predicted octanol–water partition coefficient (Wildman–Crippen LogP) is 3.46. The molecule has 0 aliphatic heterocycles. The summed E-state index contributed by atoms with van der Waals surface area (Å²) < 4.78 is 0. The van der Waals surface area contributed by atoms with Crippen molar-refractivity contribution in [1.29, 1.82) is 0 Å². The zero-order valence-corrected chi connectivity index (χ0v) is 14.2. The Balaban J connectivity index is 2.01. The fourth-order valence-electron chi connectivity index (χ4n) is 2.91. The van der Waals surface area contributed by atoms with E-state index in [-0.39, 0.29) is 5.91 Å². The Morgan fingerprint density at radius 3 is 2.40 bits per heavy atom. The van der Waals surface area contributed by atoms with Crippen molar-refractivity contribution in [3.63, 3.8) is 0 Å². The lowest BCUT2D eigenvalue weighted by Gasteiger charge is -2.14. The van der Waals surface area contributed by atoms with Crippen LogP contribution in [0.2, 0.25) is 0 Å². The summed E-state index contributed by atoms with van der Waals surface area (Å²) in [5, 5.41) is 3.71. The van der Waals surface area contributed by atoms with Crippen molar-refractivity contribution in [3.05, 3.63) is 70.9 Å². The van der Waals surface area contributed by atoms with E-state index in [0.29, 0.717) is 16.8 Å². The zero-order chi connectivity index (χ0) is 18.0. The molecule has 3 aromatic rings. The van der Waals surface area contributed by atoms with Gasteiger partial charge in [0.2, 0.25) is 5.91 Å². The molecule has 3 N–H and O–H groups in total. The number of rotatable bonds is 4. The van der Waals surface area contributed by atoms with Crippen LogP contribution in [0.1, 0.15) is 38.9 Å². The molecule has 0 unspecified atom stereocenters. The smallest absolute Gasteiger partial charge is 0.256 e. The summed E-state index contributed by atoms with van der Waals surface area (Å²) in [6.07, 6.45) is 0.754. The fraction of sp³-hybridized carbons (Fsp3) is 0.150. The summed E-state index contributed by atoms with van der Waals surface area (Å²) in [5.41, 5.74) is 9.46. The summed E-state index contributed by atoms with van der Waals surface area (Å²) >= 11 is 0. The number of hydrogen-bond acceptors (Lipinski definition) is 3. The van der Waals surface area contributed by atoms with Crippen molar-refractivity contribution in [2.45, 2.75) is 20.3 Å². The number of aryl methyl sites for hydroxylation is 1. The highest BCUT2D eigenvalue weighted by molar-refractivity contribution is 6.13. The molecular formula is C20H19N3O2. The van der Waals surface area contributed by atoms with Crippen molar-refractivity contribution in [3.8, 4) is 0 Å². The number of hydrogen-bond donors (Lipinski definition) is 2. The molecule has 0 saturated carbocycles. The lowest BCUT2D eigenvalue weighted by molar-refractivity contribution is 0.0998. The summed E-state index contributed by atoms with van der Waals surface area (Å²) in [5.74, 6) is -0.695. The first-order chi connectivity index (χ1) is 12.0. The van der Waals surface area contributed by atoms with Gasteiger partial charge in [0.15, 0.2) is 0 Å². The van der Waals surface area contributed by atoms with Gasteiger partial charge in [0.25, 0.3) is 5.91 Å². The number of amides is 2. The number of aromatic nitrogens is 1. The third-order valence-corrected chi connectivity index (χ3v) is 4.23. The van der Waals surface area contributed by atoms with Crippen molar-refractivity contribution in [2.75, 3.05) is 5.32 Å². The first-order valence-electron chi connectivity index (χ1n) is 8.10. The van der Waals surface area contributed by atoms with Gasteiger partial charge in [-0.1, -0.05) is 25.1 Å². The number of carbonyl (C=O) groups excluding carboxylic acids is 2. The Hall–Kier alpha value is -3.21. The molecule has 2 aromatic carbocycles. The van der Waals surface area contributed by atoms with Crippen LogP contribution in [0.3, 0.4) is 0 Å². The van der Waals surface area contributed by atoms with Gasteiger partial charge < -0.3 is 11.1 Å². The largest absolute Gasteiger partial charge is 0.366 e. The van der Waals surface area contributed by atoms with Gasteiger partial charge in [-0.3, -0.25) is 14.6 Å². The normalized spacial score (nSPS) is 10.6. The molecule has 1 aromatic heterocycles. The molecule has 5 heteroatoms. The molecule has 0 atom stereocenters. The molecule has 0 radical (unpaired) electrons. The van der Waals surface area contributed by atoms with Crippen LogP contribution in [0.4, 0.5) is 5.69 Å². The van der Waals surface area contributed by atoms with Gasteiger partial charge in [-0.2, -0.15) is 0 Å². The number of benzene rings is 2. The van der Waals surface area contributed by atoms with Crippen LogP contribution >= 0.6 is 0 Å². The molecule has 3 rings (SSSR count). The number of nitrogens with one attached hydrogen (secondary N) is 1. The number of pyridine rings is 1. The molecule has 0 fully saturated rings. The third-order valence-electron chi connectivity index (χ3n) is 4.23. The van der Waals surface area contributed by atoms with Gasteiger partial charge in [0.1, 0.15) is 0 Å². The van der Waals surface area contributed by atoms with E-state index in [1.165, 1.54) is 0 Å². The summed E-state index contributed by atoms with van der Waals surface area (Å²) in [7, 11) is 0. The highest BCUT2D eigenvalue weighted by atomic mass is 16.2. The number of carbonyl (C=O) groups is 2. The van der Waals surface area contributed by atoms with E-state index >= 15 is 0 Å². The standard InChI is InChI=1S/C20H19N3O2/c1-3-16-12(2)18(15-6-4-5-7-17(15)23-16)20(25)22-14-10-8-13(9-11-14)19(21)24/h4-11H,3H2,1-2H3,(H2,21,24)(H,22,25). The second kappa shape index (κ2) is 6.73. The minimum Gasteiger partial charge on any atom is -0.366 e. The van der Waals surface area contributed by atoms with Crippen LogP contribution in [0, 0.1) is 6.92 Å². The van der Waals surface area contributed by atoms with Crippen LogP contribution in [0.15, 0.2) is 48.5 Å². The fourth-order valence-corrected chi connectivity index (χ4v) is 2.91. The van der Waals surface area contributed by atoms with E-state index in [1.807, 2.05) is 38.1 Å². The second-order valence-corrected chi connectivity index (χ2v) is 5.82. The van der Waals surface area contributed by atoms with Crippen LogP contribution < -0.4 is 11.1 Å². The molecule has 1 heterocycles.